The van der Waals surface area contributed by atoms with Gasteiger partial charge >= 0.3 is 0 Å². The van der Waals surface area contributed by atoms with Gasteiger partial charge in [0.2, 0.25) is 0 Å². The zero-order valence-electron chi connectivity index (χ0n) is 14.7. The van der Waals surface area contributed by atoms with Crippen LogP contribution in [-0.4, -0.2) is 21.6 Å². The van der Waals surface area contributed by atoms with E-state index >= 15 is 0 Å². The van der Waals surface area contributed by atoms with E-state index in [-0.39, 0.29) is 4.90 Å². The minimum atomic E-state index is -3.76. The van der Waals surface area contributed by atoms with Gasteiger partial charge in [-0.2, -0.15) is 0 Å². The highest BCUT2D eigenvalue weighted by molar-refractivity contribution is 7.92. The van der Waals surface area contributed by atoms with Gasteiger partial charge in [0.25, 0.3) is 10.0 Å². The van der Waals surface area contributed by atoms with E-state index in [9.17, 15) is 8.42 Å². The average Bonchev–Trinajstić information content (AvgIpc) is 2.63. The molecule has 3 rings (SSSR count). The monoisotopic (exact) mass is 371 g/mol. The Balaban J connectivity index is 1.98. The Labute approximate surface area is 153 Å². The lowest BCUT2D eigenvalue weighted by atomic mass is 10.1. The summed E-state index contributed by atoms with van der Waals surface area (Å²) < 4.78 is 39.4. The van der Waals surface area contributed by atoms with Crippen LogP contribution >= 0.6 is 0 Å². The molecular weight excluding hydrogens is 350 g/mol. The first-order valence-corrected chi connectivity index (χ1v) is 9.93. The van der Waals surface area contributed by atoms with Crippen molar-refractivity contribution in [2.45, 2.75) is 18.7 Å². The van der Waals surface area contributed by atoms with Crippen molar-refractivity contribution in [2.24, 2.45) is 0 Å². The summed E-state index contributed by atoms with van der Waals surface area (Å²) in [7, 11) is -3.76. The molecule has 0 saturated carbocycles. The zero-order chi connectivity index (χ0) is 18.6. The lowest BCUT2D eigenvalue weighted by Crippen LogP contribution is -2.14. The number of ether oxygens (including phenoxy) is 2. The summed E-state index contributed by atoms with van der Waals surface area (Å²) in [4.78, 5) is 0.195. The Kier molecular flexibility index (Phi) is 5.32. The van der Waals surface area contributed by atoms with Crippen molar-refractivity contribution in [3.05, 3.63) is 60.7 Å². The van der Waals surface area contributed by atoms with Crippen molar-refractivity contribution >= 4 is 26.5 Å². The Morgan fingerprint density at radius 3 is 2.31 bits per heavy atom. The first-order valence-electron chi connectivity index (χ1n) is 8.44. The normalized spacial score (nSPS) is 11.3. The van der Waals surface area contributed by atoms with Gasteiger partial charge in [0, 0.05) is 6.07 Å². The molecule has 0 aliphatic heterocycles. The highest BCUT2D eigenvalue weighted by Gasteiger charge is 2.18. The molecule has 0 amide bonds. The number of hydrogen-bond acceptors (Lipinski definition) is 4. The summed E-state index contributed by atoms with van der Waals surface area (Å²) in [5.74, 6) is 1.03. The first-order chi connectivity index (χ1) is 12.5. The van der Waals surface area contributed by atoms with Crippen LogP contribution in [0.2, 0.25) is 0 Å². The van der Waals surface area contributed by atoms with Gasteiger partial charge in [-0.15, -0.1) is 0 Å². The number of sulfonamides is 1. The fourth-order valence-corrected chi connectivity index (χ4v) is 3.76. The Bertz CT molecular complexity index is 1020. The minimum absolute atomic E-state index is 0.195. The lowest BCUT2D eigenvalue weighted by Gasteiger charge is -2.15. The SMILES string of the molecule is CCOc1ccc(OCC)c(NS(=O)(=O)c2ccc3ccccc3c2)c1. The molecule has 0 heterocycles. The zero-order valence-corrected chi connectivity index (χ0v) is 15.5. The van der Waals surface area contributed by atoms with Crippen LogP contribution in [0.4, 0.5) is 5.69 Å². The molecule has 0 spiro atoms. The molecule has 3 aromatic rings. The molecule has 5 nitrogen and oxygen atoms in total. The van der Waals surface area contributed by atoms with Gasteiger partial charge in [0.05, 0.1) is 23.8 Å². The number of rotatable bonds is 7. The largest absolute Gasteiger partial charge is 0.494 e. The average molecular weight is 371 g/mol. The number of benzene rings is 3. The van der Waals surface area contributed by atoms with E-state index in [1.54, 1.807) is 36.4 Å². The second-order valence-electron chi connectivity index (χ2n) is 5.64. The summed E-state index contributed by atoms with van der Waals surface area (Å²) in [6, 6.07) is 17.8. The molecule has 0 aliphatic carbocycles. The fraction of sp³-hybridized carbons (Fsp3) is 0.200. The highest BCUT2D eigenvalue weighted by atomic mass is 32.2. The molecule has 0 radical (unpaired) electrons. The number of anilines is 1. The predicted molar refractivity (Wildman–Crippen MR) is 104 cm³/mol. The van der Waals surface area contributed by atoms with Crippen molar-refractivity contribution in [3.63, 3.8) is 0 Å². The van der Waals surface area contributed by atoms with Gasteiger partial charge in [0.1, 0.15) is 11.5 Å². The van der Waals surface area contributed by atoms with E-state index < -0.39 is 10.0 Å². The topological polar surface area (TPSA) is 64.6 Å². The predicted octanol–water partition coefficient (Wildman–Crippen LogP) is 4.44. The van der Waals surface area contributed by atoms with E-state index in [4.69, 9.17) is 9.47 Å². The van der Waals surface area contributed by atoms with Crippen molar-refractivity contribution in [1.29, 1.82) is 0 Å². The smallest absolute Gasteiger partial charge is 0.262 e. The van der Waals surface area contributed by atoms with Crippen molar-refractivity contribution in [2.75, 3.05) is 17.9 Å². The van der Waals surface area contributed by atoms with E-state index in [1.807, 2.05) is 38.1 Å². The van der Waals surface area contributed by atoms with Gasteiger partial charge in [-0.05, 0) is 48.9 Å². The molecule has 0 bridgehead atoms. The Morgan fingerprint density at radius 2 is 1.58 bits per heavy atom. The molecule has 26 heavy (non-hydrogen) atoms. The molecule has 1 N–H and O–H groups in total. The van der Waals surface area contributed by atoms with Crippen molar-refractivity contribution < 1.29 is 17.9 Å². The molecule has 3 aromatic carbocycles. The molecule has 0 unspecified atom stereocenters. The first kappa shape index (κ1) is 18.1. The molecular formula is C20H21NO4S. The molecule has 0 aliphatic rings. The third-order valence-corrected chi connectivity index (χ3v) is 5.20. The van der Waals surface area contributed by atoms with Crippen LogP contribution in [0.25, 0.3) is 10.8 Å². The molecule has 136 valence electrons. The van der Waals surface area contributed by atoms with E-state index in [2.05, 4.69) is 4.72 Å². The number of hydrogen-bond donors (Lipinski definition) is 1. The van der Waals surface area contributed by atoms with Gasteiger partial charge in [0.15, 0.2) is 0 Å². The van der Waals surface area contributed by atoms with Crippen molar-refractivity contribution in [3.8, 4) is 11.5 Å². The molecule has 0 atom stereocenters. The molecule has 0 aromatic heterocycles. The second-order valence-corrected chi connectivity index (χ2v) is 7.32. The highest BCUT2D eigenvalue weighted by Crippen LogP contribution is 2.32. The summed E-state index contributed by atoms with van der Waals surface area (Å²) in [5.41, 5.74) is 0.353. The van der Waals surface area contributed by atoms with Crippen LogP contribution in [0.5, 0.6) is 11.5 Å². The summed E-state index contributed by atoms with van der Waals surface area (Å²) >= 11 is 0. The third-order valence-electron chi connectivity index (χ3n) is 3.84. The van der Waals surface area contributed by atoms with Crippen LogP contribution in [0.3, 0.4) is 0 Å². The quantitative estimate of drug-likeness (QED) is 0.667. The summed E-state index contributed by atoms with van der Waals surface area (Å²) in [6.45, 7) is 4.64. The number of nitrogens with one attached hydrogen (secondary N) is 1. The van der Waals surface area contributed by atoms with Gasteiger partial charge in [-0.25, -0.2) is 8.42 Å². The number of fused-ring (bicyclic) bond motifs is 1. The van der Waals surface area contributed by atoms with Crippen LogP contribution in [0, 0.1) is 0 Å². The second kappa shape index (κ2) is 7.66. The third kappa shape index (κ3) is 3.91. The lowest BCUT2D eigenvalue weighted by molar-refractivity contribution is 0.332. The van der Waals surface area contributed by atoms with Gasteiger partial charge in [-0.3, -0.25) is 4.72 Å². The molecule has 0 fully saturated rings. The maximum Gasteiger partial charge on any atom is 0.262 e. The fourth-order valence-electron chi connectivity index (χ4n) is 2.66. The Hall–Kier alpha value is -2.73. The minimum Gasteiger partial charge on any atom is -0.494 e. The molecule has 6 heteroatoms. The van der Waals surface area contributed by atoms with E-state index in [0.29, 0.717) is 30.4 Å². The van der Waals surface area contributed by atoms with Gasteiger partial charge < -0.3 is 9.47 Å². The summed E-state index contributed by atoms with van der Waals surface area (Å²) in [6.07, 6.45) is 0. The summed E-state index contributed by atoms with van der Waals surface area (Å²) in [5, 5.41) is 1.85. The van der Waals surface area contributed by atoms with Crippen LogP contribution in [0.1, 0.15) is 13.8 Å². The molecule has 0 saturated heterocycles. The standard InChI is InChI=1S/C20H21NO4S/c1-3-24-17-10-12-20(25-4-2)19(14-17)21-26(22,23)18-11-9-15-7-5-6-8-16(15)13-18/h5-14,21H,3-4H2,1-2H3. The van der Waals surface area contributed by atoms with Gasteiger partial charge in [-0.1, -0.05) is 30.3 Å². The maximum atomic E-state index is 12.9. The van der Waals surface area contributed by atoms with Crippen LogP contribution < -0.4 is 14.2 Å². The van der Waals surface area contributed by atoms with Crippen LogP contribution in [0.15, 0.2) is 65.6 Å². The van der Waals surface area contributed by atoms with E-state index in [0.717, 1.165) is 10.8 Å². The van der Waals surface area contributed by atoms with E-state index in [1.165, 1.54) is 0 Å². The van der Waals surface area contributed by atoms with Crippen molar-refractivity contribution in [1.82, 2.24) is 0 Å². The van der Waals surface area contributed by atoms with Crippen LogP contribution in [-0.2, 0) is 10.0 Å². The Morgan fingerprint density at radius 1 is 0.846 bits per heavy atom. The maximum absolute atomic E-state index is 12.9.